The molecule has 5 heteroatoms. The number of rotatable bonds is 2. The zero-order chi connectivity index (χ0) is 9.35. The van der Waals surface area contributed by atoms with Crippen LogP contribution in [0, 0.1) is 5.92 Å². The van der Waals surface area contributed by atoms with Crippen LogP contribution in [0.5, 0.6) is 0 Å². The Morgan fingerprint density at radius 1 is 1.67 bits per heavy atom. The quantitative estimate of drug-likeness (QED) is 0.612. The van der Waals surface area contributed by atoms with Crippen molar-refractivity contribution in [1.82, 2.24) is 5.32 Å². The van der Waals surface area contributed by atoms with Crippen molar-refractivity contribution in [2.24, 2.45) is 5.92 Å². The van der Waals surface area contributed by atoms with Crippen molar-refractivity contribution in [3.05, 3.63) is 0 Å². The van der Waals surface area contributed by atoms with Gasteiger partial charge in [-0.25, -0.2) is 0 Å². The lowest BCUT2D eigenvalue weighted by molar-refractivity contribution is -0.119. The maximum absolute atomic E-state index is 10.8. The molecule has 0 aromatic rings. The summed E-state index contributed by atoms with van der Waals surface area (Å²) in [7, 11) is 0. The lowest BCUT2D eigenvalue weighted by Crippen LogP contribution is -2.37. The normalized spacial score (nSPS) is 26.9. The van der Waals surface area contributed by atoms with Crippen LogP contribution >= 0.6 is 0 Å². The van der Waals surface area contributed by atoms with E-state index in [2.05, 4.69) is 5.32 Å². The molecule has 1 fully saturated rings. The standard InChI is InChI=1S/C7H13NO3S/c1-7(2,12(10)11)5-3-6(9)8-4-5/h5H,3-4H2,1-2H3,(H,8,9)(H,10,11)/p-1/t5-/m0/s1. The third kappa shape index (κ3) is 1.67. The number of nitrogens with one attached hydrogen (secondary N) is 1. The molecule has 1 amide bonds. The van der Waals surface area contributed by atoms with Gasteiger partial charge in [0.2, 0.25) is 5.91 Å². The molecule has 0 saturated carbocycles. The fourth-order valence-corrected chi connectivity index (χ4v) is 1.67. The molecule has 0 aromatic carbocycles. The summed E-state index contributed by atoms with van der Waals surface area (Å²) in [6.45, 7) is 3.75. The van der Waals surface area contributed by atoms with Gasteiger partial charge in [0.25, 0.3) is 0 Å². The van der Waals surface area contributed by atoms with Crippen LogP contribution in [0.25, 0.3) is 0 Å². The maximum atomic E-state index is 10.8. The van der Waals surface area contributed by atoms with E-state index < -0.39 is 15.8 Å². The number of amides is 1. The van der Waals surface area contributed by atoms with Gasteiger partial charge in [0.15, 0.2) is 0 Å². The van der Waals surface area contributed by atoms with Gasteiger partial charge in [-0.3, -0.25) is 9.00 Å². The van der Waals surface area contributed by atoms with E-state index >= 15 is 0 Å². The Kier molecular flexibility index (Phi) is 2.53. The Hall–Kier alpha value is -0.420. The molecule has 0 spiro atoms. The summed E-state index contributed by atoms with van der Waals surface area (Å²) in [5, 5.41) is 2.62. The highest BCUT2D eigenvalue weighted by Crippen LogP contribution is 2.27. The first-order valence-electron chi connectivity index (χ1n) is 3.80. The van der Waals surface area contributed by atoms with E-state index in [1.807, 2.05) is 0 Å². The van der Waals surface area contributed by atoms with Gasteiger partial charge >= 0.3 is 0 Å². The Bertz CT molecular complexity index is 227. The largest absolute Gasteiger partial charge is 0.772 e. The van der Waals surface area contributed by atoms with Crippen LogP contribution in [0.3, 0.4) is 0 Å². The predicted octanol–water partition coefficient (Wildman–Crippen LogP) is -0.220. The lowest BCUT2D eigenvalue weighted by atomic mass is 9.94. The van der Waals surface area contributed by atoms with Crippen molar-refractivity contribution < 1.29 is 13.6 Å². The molecule has 1 saturated heterocycles. The van der Waals surface area contributed by atoms with Gasteiger partial charge in [0, 0.05) is 23.6 Å². The molecule has 0 aromatic heterocycles. The Balaban J connectivity index is 2.70. The second kappa shape index (κ2) is 3.14. The number of carbonyl (C=O) groups is 1. The third-order valence-corrected chi connectivity index (χ3v) is 3.58. The molecule has 0 aliphatic carbocycles. The minimum Gasteiger partial charge on any atom is -0.772 e. The van der Waals surface area contributed by atoms with Crippen LogP contribution in [0.4, 0.5) is 0 Å². The van der Waals surface area contributed by atoms with Gasteiger partial charge in [-0.1, -0.05) is 0 Å². The highest BCUT2D eigenvalue weighted by molar-refractivity contribution is 7.80. The molecule has 1 rings (SSSR count). The molecule has 1 aliphatic rings. The zero-order valence-electron chi connectivity index (χ0n) is 7.12. The zero-order valence-corrected chi connectivity index (χ0v) is 7.94. The van der Waals surface area contributed by atoms with Gasteiger partial charge in [0.05, 0.1) is 0 Å². The van der Waals surface area contributed by atoms with E-state index in [1.165, 1.54) is 0 Å². The van der Waals surface area contributed by atoms with Gasteiger partial charge in [-0.15, -0.1) is 0 Å². The SMILES string of the molecule is CC(C)([C@@H]1CNC(=O)C1)S(=O)[O-]. The Morgan fingerprint density at radius 2 is 2.25 bits per heavy atom. The molecule has 4 nitrogen and oxygen atoms in total. The van der Waals surface area contributed by atoms with Gasteiger partial charge in [0.1, 0.15) is 0 Å². The van der Waals surface area contributed by atoms with E-state index in [0.717, 1.165) is 0 Å². The minimum absolute atomic E-state index is 0.0569. The summed E-state index contributed by atoms with van der Waals surface area (Å²) in [5.74, 6) is -0.151. The average Bonchev–Trinajstić information content (AvgIpc) is 2.35. The van der Waals surface area contributed by atoms with Crippen molar-refractivity contribution in [2.75, 3.05) is 6.54 Å². The fourth-order valence-electron chi connectivity index (χ4n) is 1.23. The Morgan fingerprint density at radius 3 is 2.58 bits per heavy atom. The van der Waals surface area contributed by atoms with Crippen molar-refractivity contribution in [2.45, 2.75) is 25.0 Å². The number of carbonyl (C=O) groups excluding carboxylic acids is 1. The van der Waals surface area contributed by atoms with Gasteiger partial charge in [-0.05, 0) is 24.9 Å². The van der Waals surface area contributed by atoms with E-state index in [9.17, 15) is 13.6 Å². The van der Waals surface area contributed by atoms with Crippen molar-refractivity contribution in [3.8, 4) is 0 Å². The lowest BCUT2D eigenvalue weighted by Gasteiger charge is -2.32. The molecule has 0 bridgehead atoms. The van der Waals surface area contributed by atoms with E-state index in [0.29, 0.717) is 13.0 Å². The van der Waals surface area contributed by atoms with Crippen molar-refractivity contribution >= 4 is 17.0 Å². The summed E-state index contributed by atoms with van der Waals surface area (Å²) < 4.78 is 20.7. The fraction of sp³-hybridized carbons (Fsp3) is 0.857. The summed E-state index contributed by atoms with van der Waals surface area (Å²) in [4.78, 5) is 10.8. The molecule has 70 valence electrons. The van der Waals surface area contributed by atoms with Crippen LogP contribution in [0.15, 0.2) is 0 Å². The monoisotopic (exact) mass is 190 g/mol. The van der Waals surface area contributed by atoms with E-state index in [1.54, 1.807) is 13.8 Å². The van der Waals surface area contributed by atoms with E-state index in [-0.39, 0.29) is 11.8 Å². The van der Waals surface area contributed by atoms with Gasteiger partial charge in [-0.2, -0.15) is 0 Å². The first-order valence-corrected chi connectivity index (χ1v) is 4.88. The van der Waals surface area contributed by atoms with Crippen LogP contribution in [0.1, 0.15) is 20.3 Å². The van der Waals surface area contributed by atoms with Crippen molar-refractivity contribution in [1.29, 1.82) is 0 Å². The molecule has 1 N–H and O–H groups in total. The second-order valence-corrected chi connectivity index (χ2v) is 5.06. The topological polar surface area (TPSA) is 69.2 Å². The first kappa shape index (κ1) is 9.67. The van der Waals surface area contributed by atoms with Crippen LogP contribution in [-0.4, -0.2) is 26.0 Å². The maximum Gasteiger partial charge on any atom is 0.220 e. The minimum atomic E-state index is -2.12. The van der Waals surface area contributed by atoms with Crippen LogP contribution in [0.2, 0.25) is 0 Å². The van der Waals surface area contributed by atoms with Crippen LogP contribution in [-0.2, 0) is 15.9 Å². The summed E-state index contributed by atoms with van der Waals surface area (Å²) in [5.41, 5.74) is 0. The molecule has 0 radical (unpaired) electrons. The molecule has 2 atom stereocenters. The second-order valence-electron chi connectivity index (χ2n) is 3.54. The highest BCUT2D eigenvalue weighted by atomic mass is 32.2. The molecule has 12 heavy (non-hydrogen) atoms. The van der Waals surface area contributed by atoms with E-state index in [4.69, 9.17) is 0 Å². The number of hydrogen-bond donors (Lipinski definition) is 1. The average molecular weight is 190 g/mol. The smallest absolute Gasteiger partial charge is 0.220 e. The summed E-state index contributed by atoms with van der Waals surface area (Å²) in [6, 6.07) is 0. The van der Waals surface area contributed by atoms with Crippen molar-refractivity contribution in [3.63, 3.8) is 0 Å². The first-order chi connectivity index (χ1) is 5.44. The molecule has 1 unspecified atom stereocenters. The molecule has 1 heterocycles. The summed E-state index contributed by atoms with van der Waals surface area (Å²) >= 11 is -2.12. The molecule has 1 aliphatic heterocycles. The molecular formula is C7H12NO3S-. The number of hydrogen-bond acceptors (Lipinski definition) is 3. The molecular weight excluding hydrogens is 178 g/mol. The van der Waals surface area contributed by atoms with Gasteiger partial charge < -0.3 is 9.87 Å². The third-order valence-electron chi connectivity index (χ3n) is 2.39. The highest BCUT2D eigenvalue weighted by Gasteiger charge is 2.36. The summed E-state index contributed by atoms with van der Waals surface area (Å²) in [6.07, 6.45) is 0.320. The Labute approximate surface area is 74.0 Å². The predicted molar refractivity (Wildman–Crippen MR) is 44.1 cm³/mol. The van der Waals surface area contributed by atoms with Crippen LogP contribution < -0.4 is 5.32 Å².